The first kappa shape index (κ1) is 20.6. The van der Waals surface area contributed by atoms with Crippen molar-refractivity contribution in [1.29, 1.82) is 0 Å². The van der Waals surface area contributed by atoms with Gasteiger partial charge in [-0.1, -0.05) is 36.8 Å². The van der Waals surface area contributed by atoms with Gasteiger partial charge in [0.25, 0.3) is 5.91 Å². The lowest BCUT2D eigenvalue weighted by Gasteiger charge is -2.19. The van der Waals surface area contributed by atoms with Crippen LogP contribution in [0.1, 0.15) is 30.0 Å². The molecule has 2 aromatic rings. The zero-order chi connectivity index (χ0) is 21.0. The second-order valence-electron chi connectivity index (χ2n) is 7.40. The summed E-state index contributed by atoms with van der Waals surface area (Å²) < 4.78 is 5.16. The van der Waals surface area contributed by atoms with Crippen LogP contribution in [0, 0.1) is 19.8 Å². The molecule has 1 aliphatic heterocycles. The molecule has 152 valence electrons. The largest absolute Gasteiger partial charge is 0.455 e. The van der Waals surface area contributed by atoms with Crippen LogP contribution in [0.4, 0.5) is 11.4 Å². The summed E-state index contributed by atoms with van der Waals surface area (Å²) in [4.78, 5) is 38.4. The van der Waals surface area contributed by atoms with E-state index in [1.54, 1.807) is 4.90 Å². The lowest BCUT2D eigenvalue weighted by molar-refractivity contribution is -0.151. The van der Waals surface area contributed by atoms with Crippen molar-refractivity contribution < 1.29 is 19.1 Å². The van der Waals surface area contributed by atoms with Crippen molar-refractivity contribution >= 4 is 29.2 Å². The van der Waals surface area contributed by atoms with Crippen LogP contribution in [0.3, 0.4) is 0 Å². The fourth-order valence-corrected chi connectivity index (χ4v) is 3.48. The molecule has 29 heavy (non-hydrogen) atoms. The molecule has 0 aliphatic carbocycles. The Morgan fingerprint density at radius 2 is 1.86 bits per heavy atom. The fourth-order valence-electron chi connectivity index (χ4n) is 3.48. The number of ether oxygens (including phenoxy) is 1. The Morgan fingerprint density at radius 1 is 1.14 bits per heavy atom. The first-order chi connectivity index (χ1) is 13.9. The third kappa shape index (κ3) is 5.02. The van der Waals surface area contributed by atoms with Crippen molar-refractivity contribution in [2.45, 2.75) is 33.6 Å². The Balaban J connectivity index is 1.53. The monoisotopic (exact) mass is 394 g/mol. The molecule has 1 N–H and O–H groups in total. The van der Waals surface area contributed by atoms with Gasteiger partial charge in [-0.3, -0.25) is 14.4 Å². The minimum atomic E-state index is -0.570. The molecular weight excluding hydrogens is 368 g/mol. The maximum Gasteiger partial charge on any atom is 0.311 e. The van der Waals surface area contributed by atoms with Gasteiger partial charge in [0.2, 0.25) is 5.91 Å². The molecule has 6 nitrogen and oxygen atoms in total. The number of rotatable bonds is 6. The Morgan fingerprint density at radius 3 is 2.52 bits per heavy atom. The first-order valence-electron chi connectivity index (χ1n) is 9.80. The molecule has 1 heterocycles. The highest BCUT2D eigenvalue weighted by molar-refractivity contribution is 6.00. The summed E-state index contributed by atoms with van der Waals surface area (Å²) in [6, 6.07) is 13.4. The number of carbonyl (C=O) groups excluding carboxylic acids is 3. The Kier molecular flexibility index (Phi) is 6.32. The van der Waals surface area contributed by atoms with Crippen LogP contribution in [-0.4, -0.2) is 30.9 Å². The van der Waals surface area contributed by atoms with E-state index in [2.05, 4.69) is 12.2 Å². The molecule has 2 amide bonds. The predicted molar refractivity (Wildman–Crippen MR) is 112 cm³/mol. The van der Waals surface area contributed by atoms with Gasteiger partial charge >= 0.3 is 5.97 Å². The summed E-state index contributed by atoms with van der Waals surface area (Å²) in [5.74, 6) is -1.61. The summed E-state index contributed by atoms with van der Waals surface area (Å²) in [5, 5.41) is 2.70. The molecule has 1 aliphatic rings. The van der Waals surface area contributed by atoms with E-state index in [-0.39, 0.29) is 25.5 Å². The van der Waals surface area contributed by atoms with Crippen LogP contribution in [0.2, 0.25) is 0 Å². The highest BCUT2D eigenvalue weighted by atomic mass is 16.5. The molecule has 0 radical (unpaired) electrons. The molecule has 1 fully saturated rings. The van der Waals surface area contributed by atoms with E-state index in [0.717, 1.165) is 23.2 Å². The van der Waals surface area contributed by atoms with E-state index in [9.17, 15) is 14.4 Å². The number of carbonyl (C=O) groups is 3. The van der Waals surface area contributed by atoms with E-state index in [0.29, 0.717) is 5.69 Å². The molecule has 2 aromatic carbocycles. The van der Waals surface area contributed by atoms with Gasteiger partial charge < -0.3 is 15.0 Å². The summed E-state index contributed by atoms with van der Waals surface area (Å²) in [5.41, 5.74) is 4.74. The van der Waals surface area contributed by atoms with E-state index >= 15 is 0 Å². The zero-order valence-electron chi connectivity index (χ0n) is 17.0. The average Bonchev–Trinajstić information content (AvgIpc) is 3.08. The molecule has 0 spiro atoms. The second kappa shape index (κ2) is 8.90. The van der Waals surface area contributed by atoms with Gasteiger partial charge in [0.15, 0.2) is 6.61 Å². The maximum absolute atomic E-state index is 12.4. The highest BCUT2D eigenvalue weighted by Gasteiger charge is 2.36. The topological polar surface area (TPSA) is 75.7 Å². The number of esters is 1. The predicted octanol–water partition coefficient (Wildman–Crippen LogP) is 3.40. The number of anilines is 2. The normalized spacial score (nSPS) is 16.0. The van der Waals surface area contributed by atoms with E-state index in [4.69, 9.17) is 4.74 Å². The van der Waals surface area contributed by atoms with Crippen LogP contribution < -0.4 is 10.2 Å². The summed E-state index contributed by atoms with van der Waals surface area (Å²) >= 11 is 0. The van der Waals surface area contributed by atoms with Crippen molar-refractivity contribution in [3.63, 3.8) is 0 Å². The average molecular weight is 394 g/mol. The molecule has 6 heteroatoms. The van der Waals surface area contributed by atoms with Crippen LogP contribution in [0.25, 0.3) is 0 Å². The lowest BCUT2D eigenvalue weighted by atomic mass is 10.1. The maximum atomic E-state index is 12.4. The number of amides is 2. The third-order valence-corrected chi connectivity index (χ3v) is 5.09. The fraction of sp³-hybridized carbons (Fsp3) is 0.348. The highest BCUT2D eigenvalue weighted by Crippen LogP contribution is 2.29. The van der Waals surface area contributed by atoms with Gasteiger partial charge in [-0.05, 0) is 49.6 Å². The third-order valence-electron chi connectivity index (χ3n) is 5.09. The Hall–Kier alpha value is -3.15. The molecule has 0 bridgehead atoms. The van der Waals surface area contributed by atoms with Gasteiger partial charge in [-0.25, -0.2) is 0 Å². The van der Waals surface area contributed by atoms with E-state index in [1.165, 1.54) is 5.56 Å². The van der Waals surface area contributed by atoms with Crippen molar-refractivity contribution in [2.24, 2.45) is 5.92 Å². The smallest absolute Gasteiger partial charge is 0.311 e. The van der Waals surface area contributed by atoms with Crippen LogP contribution >= 0.6 is 0 Å². The number of hydrogen-bond donors (Lipinski definition) is 1. The van der Waals surface area contributed by atoms with Crippen molar-refractivity contribution in [2.75, 3.05) is 23.4 Å². The van der Waals surface area contributed by atoms with Gasteiger partial charge in [0, 0.05) is 24.3 Å². The Labute approximate surface area is 170 Å². The molecule has 3 rings (SSSR count). The van der Waals surface area contributed by atoms with Crippen molar-refractivity contribution in [1.82, 2.24) is 0 Å². The zero-order valence-corrected chi connectivity index (χ0v) is 17.0. The number of hydrogen-bond acceptors (Lipinski definition) is 4. The number of benzene rings is 2. The minimum absolute atomic E-state index is 0.0895. The minimum Gasteiger partial charge on any atom is -0.455 e. The summed E-state index contributed by atoms with van der Waals surface area (Å²) in [6.07, 6.45) is 1.01. The van der Waals surface area contributed by atoms with Crippen LogP contribution in [0.5, 0.6) is 0 Å². The van der Waals surface area contributed by atoms with E-state index < -0.39 is 17.8 Å². The molecule has 0 aromatic heterocycles. The molecular formula is C23H26N2O4. The number of nitrogens with one attached hydrogen (secondary N) is 1. The van der Waals surface area contributed by atoms with Gasteiger partial charge in [-0.2, -0.15) is 0 Å². The van der Waals surface area contributed by atoms with Gasteiger partial charge in [0.1, 0.15) is 0 Å². The first-order valence-corrected chi connectivity index (χ1v) is 9.80. The van der Waals surface area contributed by atoms with Crippen LogP contribution in [-0.2, 0) is 25.5 Å². The van der Waals surface area contributed by atoms with Crippen molar-refractivity contribution in [3.05, 3.63) is 59.2 Å². The SMILES string of the molecule is CCc1ccc(NC(=O)COC(=O)[C@@H]2CC(=O)N(c3ccc(C)cc3C)C2)cc1. The molecule has 0 saturated carbocycles. The number of aryl methyl sites for hydroxylation is 3. The summed E-state index contributed by atoms with van der Waals surface area (Å²) in [7, 11) is 0. The van der Waals surface area contributed by atoms with Gasteiger partial charge in [0.05, 0.1) is 5.92 Å². The van der Waals surface area contributed by atoms with E-state index in [1.807, 2.05) is 56.3 Å². The lowest BCUT2D eigenvalue weighted by Crippen LogP contribution is -2.28. The molecule has 1 atom stereocenters. The second-order valence-corrected chi connectivity index (χ2v) is 7.40. The number of nitrogens with zero attached hydrogens (tertiary/aromatic N) is 1. The van der Waals surface area contributed by atoms with Crippen LogP contribution in [0.15, 0.2) is 42.5 Å². The standard InChI is InChI=1S/C23H26N2O4/c1-4-17-6-8-19(9-7-17)24-21(26)14-29-23(28)18-12-22(27)25(13-18)20-10-5-15(2)11-16(20)3/h5-11,18H,4,12-14H2,1-3H3,(H,24,26)/t18-/m1/s1. The quantitative estimate of drug-likeness (QED) is 0.762. The van der Waals surface area contributed by atoms with Gasteiger partial charge in [-0.15, -0.1) is 0 Å². The Bertz CT molecular complexity index is 921. The molecule has 0 unspecified atom stereocenters. The van der Waals surface area contributed by atoms with Crippen molar-refractivity contribution in [3.8, 4) is 0 Å². The molecule has 1 saturated heterocycles. The summed E-state index contributed by atoms with van der Waals surface area (Å²) in [6.45, 7) is 5.89.